The van der Waals surface area contributed by atoms with Gasteiger partial charge in [-0.2, -0.15) is 4.89 Å². The molecule has 2 aromatic carbocycles. The Morgan fingerprint density at radius 3 is 2.25 bits per heavy atom. The van der Waals surface area contributed by atoms with Gasteiger partial charge in [0.1, 0.15) is 6.10 Å². The van der Waals surface area contributed by atoms with Crippen LogP contribution in [0.1, 0.15) is 56.3 Å². The number of rotatable bonds is 9. The zero-order valence-electron chi connectivity index (χ0n) is 14.5. The van der Waals surface area contributed by atoms with Crippen LogP contribution in [0.3, 0.4) is 0 Å². The first-order valence-electron chi connectivity index (χ1n) is 8.74. The van der Waals surface area contributed by atoms with E-state index in [1.165, 1.54) is 19.3 Å². The van der Waals surface area contributed by atoms with Crippen molar-refractivity contribution < 1.29 is 14.6 Å². The third-order valence-electron chi connectivity index (χ3n) is 3.98. The lowest BCUT2D eigenvalue weighted by molar-refractivity contribution is -0.271. The summed E-state index contributed by atoms with van der Waals surface area (Å²) in [4.78, 5) is 22.2. The summed E-state index contributed by atoms with van der Waals surface area (Å²) in [6.45, 7) is 4.11. The molecule has 0 saturated heterocycles. The third-order valence-corrected chi connectivity index (χ3v) is 3.98. The minimum atomic E-state index is -0.449. The van der Waals surface area contributed by atoms with Gasteiger partial charge in [-0.15, -0.1) is 0 Å². The zero-order chi connectivity index (χ0) is 17.2. The largest absolute Gasteiger partial charge is 0.373 e. The lowest BCUT2D eigenvalue weighted by Crippen LogP contribution is -2.13. The molecule has 3 heteroatoms. The Morgan fingerprint density at radius 2 is 1.58 bits per heavy atom. The van der Waals surface area contributed by atoms with Crippen LogP contribution in [0.4, 0.5) is 0 Å². The van der Waals surface area contributed by atoms with Crippen LogP contribution in [0.5, 0.6) is 0 Å². The summed E-state index contributed by atoms with van der Waals surface area (Å²) in [6, 6.07) is 17.4. The lowest BCUT2D eigenvalue weighted by atomic mass is 10.0. The van der Waals surface area contributed by atoms with E-state index >= 15 is 0 Å². The number of hydrogen-bond acceptors (Lipinski definition) is 3. The molecule has 128 valence electrons. The van der Waals surface area contributed by atoms with Crippen LogP contribution in [-0.4, -0.2) is 12.1 Å². The number of carbonyl (C=O) groups excluding carboxylic acids is 1. The number of carbonyl (C=O) groups is 1. The molecule has 2 aromatic rings. The summed E-state index contributed by atoms with van der Waals surface area (Å²) >= 11 is 0. The molecule has 0 aliphatic rings. The molecule has 0 amide bonds. The molecule has 0 saturated carbocycles. The van der Waals surface area contributed by atoms with E-state index in [1.54, 1.807) is 12.1 Å². The van der Waals surface area contributed by atoms with Gasteiger partial charge in [0, 0.05) is 0 Å². The van der Waals surface area contributed by atoms with Crippen molar-refractivity contribution in [2.45, 2.75) is 52.1 Å². The molecule has 0 aromatic heterocycles. The molecule has 0 radical (unpaired) electrons. The Bertz CT molecular complexity index is 605. The van der Waals surface area contributed by atoms with E-state index in [1.807, 2.05) is 49.4 Å². The number of hydrogen-bond donors (Lipinski definition) is 0. The van der Waals surface area contributed by atoms with Gasteiger partial charge in [-0.05, 0) is 36.6 Å². The molecule has 0 spiro atoms. The molecule has 0 aliphatic carbocycles. The van der Waals surface area contributed by atoms with Crippen molar-refractivity contribution in [2.75, 3.05) is 0 Å². The van der Waals surface area contributed by atoms with Crippen molar-refractivity contribution in [1.29, 1.82) is 0 Å². The van der Waals surface area contributed by atoms with Crippen molar-refractivity contribution in [2.24, 2.45) is 0 Å². The first-order valence-corrected chi connectivity index (χ1v) is 8.74. The second-order valence-corrected chi connectivity index (χ2v) is 6.07. The quantitative estimate of drug-likeness (QED) is 0.332. The summed E-state index contributed by atoms with van der Waals surface area (Å²) in [7, 11) is 0. The maximum atomic E-state index is 12.0. The first-order chi connectivity index (χ1) is 11.7. The Labute approximate surface area is 144 Å². The number of unbranched alkanes of at least 4 members (excludes halogenated alkanes) is 3. The highest BCUT2D eigenvalue weighted by Gasteiger charge is 2.11. The van der Waals surface area contributed by atoms with Crippen LogP contribution in [0, 0.1) is 0 Å². The molecule has 24 heavy (non-hydrogen) atoms. The summed E-state index contributed by atoms with van der Waals surface area (Å²) in [5.74, 6) is -0.449. The Morgan fingerprint density at radius 1 is 0.917 bits per heavy atom. The molecule has 0 fully saturated rings. The van der Waals surface area contributed by atoms with Gasteiger partial charge in [-0.1, -0.05) is 75.1 Å². The van der Waals surface area contributed by atoms with Crippen molar-refractivity contribution >= 4 is 5.97 Å². The molecule has 0 bridgehead atoms. The summed E-state index contributed by atoms with van der Waals surface area (Å²) in [5.41, 5.74) is 2.68. The average molecular weight is 326 g/mol. The summed E-state index contributed by atoms with van der Waals surface area (Å²) < 4.78 is 0. The van der Waals surface area contributed by atoms with Crippen molar-refractivity contribution in [3.63, 3.8) is 0 Å². The monoisotopic (exact) mass is 326 g/mol. The molecule has 3 nitrogen and oxygen atoms in total. The van der Waals surface area contributed by atoms with Crippen molar-refractivity contribution in [1.82, 2.24) is 0 Å². The van der Waals surface area contributed by atoms with Crippen molar-refractivity contribution in [3.05, 3.63) is 60.2 Å². The normalized spacial score (nSPS) is 11.9. The smallest absolute Gasteiger partial charge is 0.293 e. The molecule has 0 aliphatic heterocycles. The molecule has 1 atom stereocenters. The summed E-state index contributed by atoms with van der Waals surface area (Å²) in [6.07, 6.45) is 5.57. The standard InChI is InChI=1S/C21H26O3/c1-3-4-5-7-10-17(2)23-24-21(22)20-15-13-19(14-16-20)18-11-8-6-9-12-18/h6,8-9,11-17H,3-5,7,10H2,1-2H3. The van der Waals surface area contributed by atoms with Crippen LogP contribution >= 0.6 is 0 Å². The van der Waals surface area contributed by atoms with Gasteiger partial charge in [-0.3, -0.25) is 4.89 Å². The predicted octanol–water partition coefficient (Wildman–Crippen LogP) is 5.80. The van der Waals surface area contributed by atoms with Gasteiger partial charge in [0.25, 0.3) is 0 Å². The Balaban J connectivity index is 1.80. The summed E-state index contributed by atoms with van der Waals surface area (Å²) in [5, 5.41) is 0. The highest BCUT2D eigenvalue weighted by Crippen LogP contribution is 2.19. The van der Waals surface area contributed by atoms with Crippen LogP contribution < -0.4 is 0 Å². The maximum Gasteiger partial charge on any atom is 0.373 e. The van der Waals surface area contributed by atoms with E-state index in [9.17, 15) is 4.79 Å². The third kappa shape index (κ3) is 5.82. The van der Waals surface area contributed by atoms with Crippen LogP contribution in [-0.2, 0) is 9.78 Å². The van der Waals surface area contributed by atoms with E-state index in [-0.39, 0.29) is 6.10 Å². The Kier molecular flexibility index (Phi) is 7.50. The second-order valence-electron chi connectivity index (χ2n) is 6.07. The fourth-order valence-corrected chi connectivity index (χ4v) is 2.51. The number of benzene rings is 2. The maximum absolute atomic E-state index is 12.0. The molecule has 0 N–H and O–H groups in total. The van der Waals surface area contributed by atoms with E-state index in [0.29, 0.717) is 5.56 Å². The van der Waals surface area contributed by atoms with Gasteiger partial charge in [0.2, 0.25) is 0 Å². The molecule has 0 heterocycles. The highest BCUT2D eigenvalue weighted by atomic mass is 17.2. The van der Waals surface area contributed by atoms with Gasteiger partial charge < -0.3 is 0 Å². The minimum Gasteiger partial charge on any atom is -0.293 e. The lowest BCUT2D eigenvalue weighted by Gasteiger charge is -2.11. The van der Waals surface area contributed by atoms with E-state index < -0.39 is 5.97 Å². The zero-order valence-corrected chi connectivity index (χ0v) is 14.5. The van der Waals surface area contributed by atoms with Crippen LogP contribution in [0.15, 0.2) is 54.6 Å². The van der Waals surface area contributed by atoms with E-state index in [4.69, 9.17) is 9.78 Å². The average Bonchev–Trinajstić information content (AvgIpc) is 2.64. The molecule has 2 rings (SSSR count). The molecule has 1 unspecified atom stereocenters. The van der Waals surface area contributed by atoms with Crippen LogP contribution in [0.25, 0.3) is 11.1 Å². The van der Waals surface area contributed by atoms with Crippen molar-refractivity contribution in [3.8, 4) is 11.1 Å². The van der Waals surface area contributed by atoms with Gasteiger partial charge in [-0.25, -0.2) is 4.79 Å². The van der Waals surface area contributed by atoms with E-state index in [2.05, 4.69) is 6.92 Å². The molecular weight excluding hydrogens is 300 g/mol. The van der Waals surface area contributed by atoms with Gasteiger partial charge >= 0.3 is 5.97 Å². The minimum absolute atomic E-state index is 0.0746. The SMILES string of the molecule is CCCCCCC(C)OOC(=O)c1ccc(-c2ccccc2)cc1. The van der Waals surface area contributed by atoms with Gasteiger partial charge in [0.05, 0.1) is 5.56 Å². The fourth-order valence-electron chi connectivity index (χ4n) is 2.51. The fraction of sp³-hybridized carbons (Fsp3) is 0.381. The highest BCUT2D eigenvalue weighted by molar-refractivity contribution is 5.89. The van der Waals surface area contributed by atoms with Gasteiger partial charge in [0.15, 0.2) is 0 Å². The molecular formula is C21H26O3. The predicted molar refractivity (Wildman–Crippen MR) is 96.6 cm³/mol. The first kappa shape index (κ1) is 18.2. The Hall–Kier alpha value is -2.13. The second kappa shape index (κ2) is 9.89. The topological polar surface area (TPSA) is 35.5 Å². The van der Waals surface area contributed by atoms with E-state index in [0.717, 1.165) is 24.0 Å². The van der Waals surface area contributed by atoms with Crippen LogP contribution in [0.2, 0.25) is 0 Å².